The van der Waals surface area contributed by atoms with Crippen LogP contribution in [0.15, 0.2) is 47.8 Å². The highest BCUT2D eigenvalue weighted by Crippen LogP contribution is 2.26. The molecule has 0 aliphatic carbocycles. The summed E-state index contributed by atoms with van der Waals surface area (Å²) in [5.41, 5.74) is 10.3. The number of hydrogen-bond donors (Lipinski definition) is 1. The molecule has 3 heterocycles. The number of nitrogens with two attached hydrogens (primary N) is 1. The highest BCUT2D eigenvalue weighted by Gasteiger charge is 2.13. The Balaban J connectivity index is 1.95. The zero-order chi connectivity index (χ0) is 15.1. The zero-order valence-corrected chi connectivity index (χ0v) is 12.7. The average molecular weight is 307 g/mol. The molecule has 3 aromatic heterocycles. The molecule has 4 rings (SSSR count). The number of fused-ring (bicyclic) bond motifs is 1. The Morgan fingerprint density at radius 3 is 2.82 bits per heavy atom. The third kappa shape index (κ3) is 2.05. The third-order valence-electron chi connectivity index (χ3n) is 3.54. The molecule has 0 fully saturated rings. The molecule has 0 aliphatic heterocycles. The number of aromatic nitrogens is 4. The molecular weight excluding hydrogens is 294 g/mol. The van der Waals surface area contributed by atoms with Gasteiger partial charge in [0.1, 0.15) is 5.69 Å². The number of benzene rings is 1. The fourth-order valence-corrected chi connectivity index (χ4v) is 3.08. The molecule has 0 bridgehead atoms. The minimum absolute atomic E-state index is 0.701. The zero-order valence-electron chi connectivity index (χ0n) is 11.9. The predicted molar refractivity (Wildman–Crippen MR) is 88.7 cm³/mol. The van der Waals surface area contributed by atoms with Crippen molar-refractivity contribution < 1.29 is 0 Å². The number of anilines is 1. The van der Waals surface area contributed by atoms with Gasteiger partial charge in [0.2, 0.25) is 0 Å². The van der Waals surface area contributed by atoms with Crippen LogP contribution in [-0.4, -0.2) is 19.8 Å². The van der Waals surface area contributed by atoms with Gasteiger partial charge in [-0.15, -0.1) is 21.5 Å². The Labute approximate surface area is 131 Å². The van der Waals surface area contributed by atoms with Gasteiger partial charge in [-0.1, -0.05) is 12.1 Å². The summed E-state index contributed by atoms with van der Waals surface area (Å²) < 4.78 is 1.77. The van der Waals surface area contributed by atoms with E-state index in [1.54, 1.807) is 15.9 Å². The molecule has 0 spiro atoms. The van der Waals surface area contributed by atoms with Crippen LogP contribution in [0.25, 0.3) is 27.6 Å². The summed E-state index contributed by atoms with van der Waals surface area (Å²) in [6.45, 7) is 2.03. The predicted octanol–water partition coefficient (Wildman–Crippen LogP) is 3.41. The maximum atomic E-state index is 5.91. The lowest BCUT2D eigenvalue weighted by Crippen LogP contribution is -1.98. The molecule has 6 heteroatoms. The SMILES string of the molecule is Cc1ccc(N)cc1-c1nnc2ccc(-c3cccs3)nn12. The lowest BCUT2D eigenvalue weighted by molar-refractivity contribution is 0.942. The molecule has 108 valence electrons. The molecule has 1 aromatic carbocycles. The van der Waals surface area contributed by atoms with Gasteiger partial charge in [-0.05, 0) is 48.2 Å². The standard InChI is InChI=1S/C16H13N5S/c1-10-4-5-11(17)9-12(10)16-19-18-15-7-6-13(20-21(15)16)14-3-2-8-22-14/h2-9H,17H2,1H3. The molecule has 22 heavy (non-hydrogen) atoms. The quantitative estimate of drug-likeness (QED) is 0.576. The van der Waals surface area contributed by atoms with E-state index in [1.807, 2.05) is 48.7 Å². The topological polar surface area (TPSA) is 69.1 Å². The molecule has 0 unspecified atom stereocenters. The monoisotopic (exact) mass is 307 g/mol. The Morgan fingerprint density at radius 1 is 1.09 bits per heavy atom. The van der Waals surface area contributed by atoms with Crippen LogP contribution in [0, 0.1) is 6.92 Å². The summed E-state index contributed by atoms with van der Waals surface area (Å²) in [7, 11) is 0. The van der Waals surface area contributed by atoms with Crippen molar-refractivity contribution in [2.75, 3.05) is 5.73 Å². The number of nitrogen functional groups attached to an aromatic ring is 1. The van der Waals surface area contributed by atoms with Crippen LogP contribution in [0.4, 0.5) is 5.69 Å². The number of aryl methyl sites for hydroxylation is 1. The van der Waals surface area contributed by atoms with Crippen molar-refractivity contribution in [1.29, 1.82) is 0 Å². The van der Waals surface area contributed by atoms with E-state index < -0.39 is 0 Å². The number of thiophene rings is 1. The van der Waals surface area contributed by atoms with E-state index in [9.17, 15) is 0 Å². The van der Waals surface area contributed by atoms with Gasteiger partial charge >= 0.3 is 0 Å². The van der Waals surface area contributed by atoms with E-state index in [0.717, 1.165) is 27.3 Å². The average Bonchev–Trinajstić information content (AvgIpc) is 3.18. The molecule has 0 radical (unpaired) electrons. The summed E-state index contributed by atoms with van der Waals surface area (Å²) in [6, 6.07) is 13.7. The second-order valence-corrected chi connectivity index (χ2v) is 6.01. The van der Waals surface area contributed by atoms with Gasteiger partial charge in [-0.3, -0.25) is 0 Å². The maximum Gasteiger partial charge on any atom is 0.185 e. The van der Waals surface area contributed by atoms with Gasteiger partial charge in [0.25, 0.3) is 0 Å². The van der Waals surface area contributed by atoms with Crippen LogP contribution in [0.1, 0.15) is 5.56 Å². The largest absolute Gasteiger partial charge is 0.399 e. The minimum Gasteiger partial charge on any atom is -0.399 e. The van der Waals surface area contributed by atoms with E-state index in [1.165, 1.54) is 0 Å². The molecule has 4 aromatic rings. The van der Waals surface area contributed by atoms with Crippen LogP contribution in [0.3, 0.4) is 0 Å². The summed E-state index contributed by atoms with van der Waals surface area (Å²) in [4.78, 5) is 1.12. The van der Waals surface area contributed by atoms with Crippen molar-refractivity contribution in [2.45, 2.75) is 6.92 Å². The molecule has 0 atom stereocenters. The molecule has 0 saturated carbocycles. The van der Waals surface area contributed by atoms with Crippen LogP contribution in [0.2, 0.25) is 0 Å². The Morgan fingerprint density at radius 2 is 2.00 bits per heavy atom. The third-order valence-corrected chi connectivity index (χ3v) is 4.43. The number of nitrogens with zero attached hydrogens (tertiary/aromatic N) is 4. The normalized spacial score (nSPS) is 11.1. The second kappa shape index (κ2) is 4.92. The Kier molecular flexibility index (Phi) is 2.90. The van der Waals surface area contributed by atoms with Crippen LogP contribution >= 0.6 is 11.3 Å². The van der Waals surface area contributed by atoms with E-state index in [0.29, 0.717) is 11.5 Å². The van der Waals surface area contributed by atoms with Crippen molar-refractivity contribution in [2.24, 2.45) is 0 Å². The van der Waals surface area contributed by atoms with Gasteiger partial charge in [0.05, 0.1) is 4.88 Å². The maximum absolute atomic E-state index is 5.91. The van der Waals surface area contributed by atoms with Gasteiger partial charge in [0, 0.05) is 11.3 Å². The van der Waals surface area contributed by atoms with E-state index in [-0.39, 0.29) is 0 Å². The molecule has 0 saturated heterocycles. The first-order valence-corrected chi connectivity index (χ1v) is 7.73. The molecule has 2 N–H and O–H groups in total. The van der Waals surface area contributed by atoms with Gasteiger partial charge in [0.15, 0.2) is 11.5 Å². The first-order valence-electron chi connectivity index (χ1n) is 6.85. The van der Waals surface area contributed by atoms with Gasteiger partial charge in [-0.25, -0.2) is 0 Å². The summed E-state index contributed by atoms with van der Waals surface area (Å²) in [5.74, 6) is 0.707. The number of hydrogen-bond acceptors (Lipinski definition) is 5. The first kappa shape index (κ1) is 13.0. The van der Waals surface area contributed by atoms with Crippen LogP contribution < -0.4 is 5.73 Å². The van der Waals surface area contributed by atoms with Gasteiger partial charge < -0.3 is 5.73 Å². The van der Waals surface area contributed by atoms with Crippen molar-refractivity contribution in [3.8, 4) is 22.0 Å². The molecular formula is C16H13N5S. The Bertz CT molecular complexity index is 956. The fraction of sp³-hybridized carbons (Fsp3) is 0.0625. The Hall–Kier alpha value is -2.73. The summed E-state index contributed by atoms with van der Waals surface area (Å²) in [6.07, 6.45) is 0. The number of rotatable bonds is 2. The highest BCUT2D eigenvalue weighted by atomic mass is 32.1. The fourth-order valence-electron chi connectivity index (χ4n) is 2.39. The summed E-state index contributed by atoms with van der Waals surface area (Å²) in [5, 5.41) is 15.2. The lowest BCUT2D eigenvalue weighted by Gasteiger charge is -2.05. The lowest BCUT2D eigenvalue weighted by atomic mass is 10.1. The van der Waals surface area contributed by atoms with Crippen molar-refractivity contribution in [1.82, 2.24) is 19.8 Å². The van der Waals surface area contributed by atoms with Crippen molar-refractivity contribution in [3.63, 3.8) is 0 Å². The van der Waals surface area contributed by atoms with Crippen LogP contribution in [0.5, 0.6) is 0 Å². The second-order valence-electron chi connectivity index (χ2n) is 5.06. The van der Waals surface area contributed by atoms with Crippen molar-refractivity contribution >= 4 is 22.7 Å². The van der Waals surface area contributed by atoms with E-state index in [4.69, 9.17) is 5.73 Å². The smallest absolute Gasteiger partial charge is 0.185 e. The minimum atomic E-state index is 0.701. The van der Waals surface area contributed by atoms with Gasteiger partial charge in [-0.2, -0.15) is 9.61 Å². The summed E-state index contributed by atoms with van der Waals surface area (Å²) >= 11 is 1.66. The van der Waals surface area contributed by atoms with E-state index in [2.05, 4.69) is 21.4 Å². The van der Waals surface area contributed by atoms with Crippen LogP contribution in [-0.2, 0) is 0 Å². The molecule has 0 amide bonds. The van der Waals surface area contributed by atoms with Crippen molar-refractivity contribution in [3.05, 3.63) is 53.4 Å². The molecule has 5 nitrogen and oxygen atoms in total. The highest BCUT2D eigenvalue weighted by molar-refractivity contribution is 7.13. The molecule has 0 aliphatic rings. The van der Waals surface area contributed by atoms with E-state index >= 15 is 0 Å². The first-order chi connectivity index (χ1) is 10.7.